The Hall–Kier alpha value is -3.06. The summed E-state index contributed by atoms with van der Waals surface area (Å²) in [5.74, 6) is -2.08. The van der Waals surface area contributed by atoms with Crippen LogP contribution in [0.5, 0.6) is 17.2 Å². The van der Waals surface area contributed by atoms with Crippen LogP contribution in [-0.4, -0.2) is 133 Å². The molecule has 2 heterocycles. The van der Waals surface area contributed by atoms with Gasteiger partial charge in [0.25, 0.3) is 0 Å². The molecule has 5 N–H and O–H groups in total. The van der Waals surface area contributed by atoms with Crippen molar-refractivity contribution in [3.63, 3.8) is 0 Å². The maximum Gasteiger partial charge on any atom is 0.311 e. The summed E-state index contributed by atoms with van der Waals surface area (Å²) in [7, 11) is 0.376. The van der Waals surface area contributed by atoms with Gasteiger partial charge in [-0.05, 0) is 90.6 Å². The van der Waals surface area contributed by atoms with Gasteiger partial charge in [0.05, 0.1) is 55.0 Å². The van der Waals surface area contributed by atoms with Crippen LogP contribution in [0.15, 0.2) is 53.4 Å². The molecule has 2 saturated heterocycles. The normalized spacial score (nSPS) is 37.3. The summed E-state index contributed by atoms with van der Waals surface area (Å²) >= 11 is 0. The summed E-state index contributed by atoms with van der Waals surface area (Å²) in [4.78, 5) is 13.7. The number of nitrogens with zero attached hydrogens (tertiary/aromatic N) is 1. The average molecular weight is 839 g/mol. The molecule has 2 aromatic rings. The first-order valence-electron chi connectivity index (χ1n) is 20.1. The zero-order chi connectivity index (χ0) is 43.3. The summed E-state index contributed by atoms with van der Waals surface area (Å²) in [6, 6.07) is 11.4. The fourth-order valence-corrected chi connectivity index (χ4v) is 9.70. The third-order valence-corrected chi connectivity index (χ3v) is 13.7. The van der Waals surface area contributed by atoms with Gasteiger partial charge in [-0.2, -0.15) is 4.31 Å². The van der Waals surface area contributed by atoms with Crippen LogP contribution in [0.1, 0.15) is 74.7 Å². The molecule has 0 radical (unpaired) electrons. The highest BCUT2D eigenvalue weighted by molar-refractivity contribution is 7.89. The molecule has 2 aromatic carbocycles. The Bertz CT molecular complexity index is 1750. The number of methoxy groups -OCH3 is 2. The molecule has 0 bridgehead atoms. The molecule has 0 saturated carbocycles. The van der Waals surface area contributed by atoms with Gasteiger partial charge in [-0.15, -0.1) is 0 Å². The van der Waals surface area contributed by atoms with Crippen molar-refractivity contribution in [3.8, 4) is 17.2 Å². The van der Waals surface area contributed by atoms with Gasteiger partial charge in [-0.3, -0.25) is 4.79 Å². The first-order chi connectivity index (χ1) is 27.1. The average Bonchev–Trinajstić information content (AvgIpc) is 3.19. The van der Waals surface area contributed by atoms with Crippen LogP contribution in [0, 0.1) is 17.8 Å². The van der Waals surface area contributed by atoms with Crippen molar-refractivity contribution in [3.05, 3.63) is 48.5 Å². The zero-order valence-corrected chi connectivity index (χ0v) is 36.5. The van der Waals surface area contributed by atoms with E-state index in [1.807, 2.05) is 6.92 Å². The van der Waals surface area contributed by atoms with Crippen LogP contribution in [0.25, 0.3) is 0 Å². The first-order valence-corrected chi connectivity index (χ1v) is 21.5. The van der Waals surface area contributed by atoms with Crippen molar-refractivity contribution >= 4 is 16.0 Å². The summed E-state index contributed by atoms with van der Waals surface area (Å²) in [6.07, 6.45) is -7.64. The number of likely N-dealkylation sites (N-methyl/N-ethyl adjacent to an activating group) is 1. The van der Waals surface area contributed by atoms with Gasteiger partial charge in [-0.25, -0.2) is 8.42 Å². The van der Waals surface area contributed by atoms with E-state index in [0.717, 1.165) is 0 Å². The number of ether oxygens (including phenoxy) is 6. The van der Waals surface area contributed by atoms with E-state index in [1.54, 1.807) is 71.0 Å². The molecule has 2 aliphatic rings. The molecule has 4 rings (SSSR count). The number of aliphatic hydroxyl groups is 4. The standard InChI is InChI=1S/C42H66N2O13S/c1-12-34-42(8,49)37(46)28(6)43-23-24(2)22-41(7,48)38(26(4)35(45)27(5)39(47)56-34)57-40-36(55-29-18-19-32(52-10)33(21-29)53-11)31(20-25(3)54-40)44(9)58(50,51)30-16-14-13-15-17-30/h13-19,21,24-28,31,34-38,40,43,45-46,48-49H,12,20,22-23H2,1-11H3/t24-,25-,26+,27-,28-,31+,34-,35+,36-,37-,38-,40+,41-,42-/m1/s1. The predicted octanol–water partition coefficient (Wildman–Crippen LogP) is 3.50. The number of hydrogen-bond acceptors (Lipinski definition) is 14. The second-order valence-corrected chi connectivity index (χ2v) is 18.6. The van der Waals surface area contributed by atoms with Gasteiger partial charge < -0.3 is 54.2 Å². The molecule has 2 fully saturated rings. The molecule has 0 spiro atoms. The third-order valence-electron chi connectivity index (χ3n) is 11.8. The topological polar surface area (TPSA) is 203 Å². The number of esters is 1. The Kier molecular flexibility index (Phi) is 16.0. The lowest BCUT2D eigenvalue weighted by Gasteiger charge is -2.47. The van der Waals surface area contributed by atoms with Crippen molar-refractivity contribution in [1.29, 1.82) is 0 Å². The monoisotopic (exact) mass is 838 g/mol. The van der Waals surface area contributed by atoms with Gasteiger partial charge in [0.2, 0.25) is 10.0 Å². The Morgan fingerprint density at radius 2 is 1.60 bits per heavy atom. The summed E-state index contributed by atoms with van der Waals surface area (Å²) in [6.45, 7) is 13.6. The molecular formula is C42H66N2O13S. The second kappa shape index (κ2) is 19.5. The van der Waals surface area contributed by atoms with Crippen LogP contribution in [-0.2, 0) is 29.0 Å². The molecule has 0 aliphatic carbocycles. The van der Waals surface area contributed by atoms with Crippen LogP contribution in [0.4, 0.5) is 0 Å². The lowest BCUT2D eigenvalue weighted by Crippen LogP contribution is -2.61. The number of nitrogens with one attached hydrogen (secondary N) is 1. The number of carbonyl (C=O) groups excluding carboxylic acids is 1. The number of rotatable bonds is 10. The maximum absolute atomic E-state index is 14.1. The number of cyclic esters (lactones) is 1. The SMILES string of the molecule is CC[C@H]1OC(=O)[C@H](C)[C@@H](O)[C@H](C)[C@@H](O[C@@H]2O[C@H](C)C[C@H](N(C)S(=O)(=O)c3ccccc3)[C@H]2Oc2ccc(OC)c(OC)c2)[C@](C)(O)C[C@@H](C)CN[C@H](C)[C@@H](O)[C@]1(C)O. The number of benzene rings is 2. The van der Waals surface area contributed by atoms with Crippen molar-refractivity contribution < 1.29 is 62.1 Å². The van der Waals surface area contributed by atoms with E-state index >= 15 is 0 Å². The summed E-state index contributed by atoms with van der Waals surface area (Å²) < 4.78 is 66.2. The predicted molar refractivity (Wildman–Crippen MR) is 216 cm³/mol. The Labute approximate surface area is 344 Å². The maximum atomic E-state index is 14.1. The highest BCUT2D eigenvalue weighted by Gasteiger charge is 2.51. The number of hydrogen-bond donors (Lipinski definition) is 5. The minimum atomic E-state index is -4.08. The summed E-state index contributed by atoms with van der Waals surface area (Å²) in [5.41, 5.74) is -3.52. The largest absolute Gasteiger partial charge is 0.493 e. The van der Waals surface area contributed by atoms with E-state index in [1.165, 1.54) is 51.6 Å². The van der Waals surface area contributed by atoms with Gasteiger partial charge in [-0.1, -0.05) is 39.0 Å². The fraction of sp³-hybridized carbons (Fsp3) is 0.690. The van der Waals surface area contributed by atoms with Crippen molar-refractivity contribution in [2.45, 2.75) is 146 Å². The van der Waals surface area contributed by atoms with Crippen molar-refractivity contribution in [2.75, 3.05) is 27.8 Å². The highest BCUT2D eigenvalue weighted by Crippen LogP contribution is 2.39. The smallest absolute Gasteiger partial charge is 0.311 e. The molecule has 328 valence electrons. The highest BCUT2D eigenvalue weighted by atomic mass is 32.2. The van der Waals surface area contributed by atoms with E-state index in [4.69, 9.17) is 28.4 Å². The minimum Gasteiger partial charge on any atom is -0.493 e. The molecule has 0 unspecified atom stereocenters. The van der Waals surface area contributed by atoms with Crippen molar-refractivity contribution in [1.82, 2.24) is 9.62 Å². The zero-order valence-electron chi connectivity index (χ0n) is 35.7. The van der Waals surface area contributed by atoms with E-state index in [-0.39, 0.29) is 30.1 Å². The van der Waals surface area contributed by atoms with Gasteiger partial charge >= 0.3 is 5.97 Å². The molecule has 0 amide bonds. The van der Waals surface area contributed by atoms with E-state index in [0.29, 0.717) is 23.8 Å². The van der Waals surface area contributed by atoms with Gasteiger partial charge in [0, 0.05) is 25.1 Å². The molecule has 58 heavy (non-hydrogen) atoms. The molecule has 16 heteroatoms. The Morgan fingerprint density at radius 3 is 2.21 bits per heavy atom. The third kappa shape index (κ3) is 10.6. The van der Waals surface area contributed by atoms with Crippen LogP contribution in [0.3, 0.4) is 0 Å². The molecule has 0 aromatic heterocycles. The van der Waals surface area contributed by atoms with Crippen molar-refractivity contribution in [2.24, 2.45) is 17.8 Å². The van der Waals surface area contributed by atoms with E-state index < -0.39 is 94.0 Å². The lowest BCUT2D eigenvalue weighted by atomic mass is 9.78. The fourth-order valence-electron chi connectivity index (χ4n) is 8.31. The molecule has 15 nitrogen and oxygen atoms in total. The molecular weight excluding hydrogens is 773 g/mol. The van der Waals surface area contributed by atoms with E-state index in [2.05, 4.69) is 5.32 Å². The second-order valence-electron chi connectivity index (χ2n) is 16.6. The van der Waals surface area contributed by atoms with Crippen LogP contribution < -0.4 is 19.5 Å². The van der Waals surface area contributed by atoms with Gasteiger partial charge in [0.15, 0.2) is 23.9 Å². The molecule has 2 aliphatic heterocycles. The lowest BCUT2D eigenvalue weighted by molar-refractivity contribution is -0.293. The van der Waals surface area contributed by atoms with E-state index in [9.17, 15) is 33.6 Å². The first kappa shape index (κ1) is 47.6. The van der Waals surface area contributed by atoms with Gasteiger partial charge in [0.1, 0.15) is 23.6 Å². The van der Waals surface area contributed by atoms with Crippen LogP contribution in [0.2, 0.25) is 0 Å². The summed E-state index contributed by atoms with van der Waals surface area (Å²) in [5, 5.41) is 50.2. The number of carbonyl (C=O) groups is 1. The Balaban J connectivity index is 1.82. The van der Waals surface area contributed by atoms with Crippen LogP contribution >= 0.6 is 0 Å². The number of aliphatic hydroxyl groups excluding tert-OH is 2. The quantitative estimate of drug-likeness (QED) is 0.218. The minimum absolute atomic E-state index is 0.0811. The number of sulfonamides is 1. The molecule has 14 atom stereocenters. The Morgan fingerprint density at radius 1 is 0.966 bits per heavy atom.